The number of benzene rings is 1. The third-order valence-electron chi connectivity index (χ3n) is 5.56. The average Bonchev–Trinajstić information content (AvgIpc) is 3.57. The number of carbonyl (C=O) groups is 2. The van der Waals surface area contributed by atoms with Crippen molar-refractivity contribution in [1.29, 1.82) is 0 Å². The number of hydrogen-bond donors (Lipinski definition) is 0. The summed E-state index contributed by atoms with van der Waals surface area (Å²) in [6.07, 6.45) is 5.13. The van der Waals surface area contributed by atoms with E-state index in [2.05, 4.69) is 5.10 Å². The summed E-state index contributed by atoms with van der Waals surface area (Å²) in [5.74, 6) is -1.03. The SMILES string of the molecule is CCN(C(=O)COC(=O)C=Cc1cn(-c2ccccc2)nc1-c1cccs1)C1CCS(=O)(=O)C1. The quantitative estimate of drug-likeness (QED) is 0.349. The predicted octanol–water partition coefficient (Wildman–Crippen LogP) is 3.19. The number of rotatable bonds is 8. The maximum Gasteiger partial charge on any atom is 0.331 e. The van der Waals surface area contributed by atoms with E-state index >= 15 is 0 Å². The summed E-state index contributed by atoms with van der Waals surface area (Å²) >= 11 is 1.55. The molecule has 10 heteroatoms. The molecule has 8 nitrogen and oxygen atoms in total. The number of ether oxygens (including phenoxy) is 1. The number of hydrogen-bond acceptors (Lipinski definition) is 7. The van der Waals surface area contributed by atoms with Gasteiger partial charge in [0.15, 0.2) is 16.4 Å². The second-order valence-corrected chi connectivity index (χ2v) is 11.0. The van der Waals surface area contributed by atoms with Crippen LogP contribution < -0.4 is 0 Å². The first kappa shape index (κ1) is 23.9. The summed E-state index contributed by atoms with van der Waals surface area (Å²) in [5, 5.41) is 6.64. The minimum absolute atomic E-state index is 0.0443. The third-order valence-corrected chi connectivity index (χ3v) is 8.19. The Balaban J connectivity index is 1.43. The van der Waals surface area contributed by atoms with Crippen molar-refractivity contribution in [3.8, 4) is 16.3 Å². The van der Waals surface area contributed by atoms with Crippen molar-refractivity contribution in [3.63, 3.8) is 0 Å². The molecule has 178 valence electrons. The van der Waals surface area contributed by atoms with Crippen molar-refractivity contribution >= 4 is 39.1 Å². The fourth-order valence-electron chi connectivity index (χ4n) is 3.91. The van der Waals surface area contributed by atoms with E-state index in [4.69, 9.17) is 4.74 Å². The van der Waals surface area contributed by atoms with Crippen LogP contribution >= 0.6 is 11.3 Å². The number of thiophene rings is 1. The molecule has 1 saturated heterocycles. The molecule has 1 aliphatic heterocycles. The van der Waals surface area contributed by atoms with Gasteiger partial charge in [0.1, 0.15) is 5.69 Å². The van der Waals surface area contributed by atoms with Gasteiger partial charge in [-0.05, 0) is 43.0 Å². The Morgan fingerprint density at radius 1 is 1.24 bits per heavy atom. The smallest absolute Gasteiger partial charge is 0.331 e. The van der Waals surface area contributed by atoms with Gasteiger partial charge in [0.2, 0.25) is 0 Å². The first-order chi connectivity index (χ1) is 16.4. The molecule has 0 spiro atoms. The molecule has 1 amide bonds. The maximum absolute atomic E-state index is 12.5. The molecular formula is C24H25N3O5S2. The molecule has 1 unspecified atom stereocenters. The molecule has 34 heavy (non-hydrogen) atoms. The molecule has 1 aromatic carbocycles. The van der Waals surface area contributed by atoms with E-state index < -0.39 is 28.3 Å². The molecule has 1 atom stereocenters. The molecule has 2 aromatic heterocycles. The molecule has 1 aliphatic rings. The Morgan fingerprint density at radius 3 is 2.68 bits per heavy atom. The third kappa shape index (κ3) is 5.63. The zero-order valence-electron chi connectivity index (χ0n) is 18.7. The number of aromatic nitrogens is 2. The van der Waals surface area contributed by atoms with E-state index in [1.165, 1.54) is 11.0 Å². The highest BCUT2D eigenvalue weighted by Gasteiger charge is 2.34. The van der Waals surface area contributed by atoms with Crippen LogP contribution in [-0.4, -0.2) is 65.7 Å². The number of likely N-dealkylation sites (N-methyl/N-ethyl adjacent to an activating group) is 1. The van der Waals surface area contributed by atoms with Crippen molar-refractivity contribution in [3.05, 3.63) is 65.7 Å². The van der Waals surface area contributed by atoms with E-state index in [0.29, 0.717) is 13.0 Å². The molecule has 0 N–H and O–H groups in total. The Hall–Kier alpha value is -3.24. The van der Waals surface area contributed by atoms with Crippen LogP contribution in [-0.2, 0) is 24.2 Å². The Labute approximate surface area is 202 Å². The lowest BCUT2D eigenvalue weighted by molar-refractivity contribution is -0.149. The molecule has 0 saturated carbocycles. The molecule has 0 aliphatic carbocycles. The highest BCUT2D eigenvalue weighted by Crippen LogP contribution is 2.28. The zero-order chi connectivity index (χ0) is 24.1. The highest BCUT2D eigenvalue weighted by molar-refractivity contribution is 7.91. The van der Waals surface area contributed by atoms with Gasteiger partial charge in [-0.1, -0.05) is 24.3 Å². The molecule has 0 radical (unpaired) electrons. The molecule has 4 rings (SSSR count). The number of nitrogens with zero attached hydrogens (tertiary/aromatic N) is 3. The number of esters is 1. The Bertz CT molecular complexity index is 1280. The van der Waals surface area contributed by atoms with Crippen molar-refractivity contribution in [2.45, 2.75) is 19.4 Å². The van der Waals surface area contributed by atoms with Gasteiger partial charge in [-0.25, -0.2) is 17.9 Å². The summed E-state index contributed by atoms with van der Waals surface area (Å²) in [7, 11) is -3.12. The van der Waals surface area contributed by atoms with Crippen molar-refractivity contribution in [2.75, 3.05) is 24.7 Å². The lowest BCUT2D eigenvalue weighted by Gasteiger charge is -2.26. The first-order valence-corrected chi connectivity index (χ1v) is 13.6. The molecule has 3 aromatic rings. The number of sulfone groups is 1. The van der Waals surface area contributed by atoms with Crippen LogP contribution in [0.2, 0.25) is 0 Å². The van der Waals surface area contributed by atoms with Crippen LogP contribution in [0.1, 0.15) is 18.9 Å². The normalized spacial score (nSPS) is 17.1. The van der Waals surface area contributed by atoms with E-state index in [0.717, 1.165) is 21.8 Å². The van der Waals surface area contributed by atoms with E-state index in [1.54, 1.807) is 29.0 Å². The summed E-state index contributed by atoms with van der Waals surface area (Å²) in [6.45, 7) is 1.70. The zero-order valence-corrected chi connectivity index (χ0v) is 20.3. The number of amides is 1. The fraction of sp³-hybridized carbons (Fsp3) is 0.292. The monoisotopic (exact) mass is 499 g/mol. The van der Waals surface area contributed by atoms with Crippen LogP contribution in [0.25, 0.3) is 22.3 Å². The van der Waals surface area contributed by atoms with Crippen LogP contribution in [0, 0.1) is 0 Å². The second-order valence-electron chi connectivity index (χ2n) is 7.87. The topological polar surface area (TPSA) is 98.6 Å². The van der Waals surface area contributed by atoms with Gasteiger partial charge >= 0.3 is 5.97 Å². The Kier molecular flexibility index (Phi) is 7.28. The van der Waals surface area contributed by atoms with Gasteiger partial charge in [0.25, 0.3) is 5.91 Å². The second kappa shape index (κ2) is 10.4. The van der Waals surface area contributed by atoms with Crippen LogP contribution in [0.3, 0.4) is 0 Å². The van der Waals surface area contributed by atoms with E-state index in [9.17, 15) is 18.0 Å². The van der Waals surface area contributed by atoms with Gasteiger partial charge in [-0.2, -0.15) is 5.10 Å². The van der Waals surface area contributed by atoms with Crippen LogP contribution in [0.5, 0.6) is 0 Å². The number of para-hydroxylation sites is 1. The Morgan fingerprint density at radius 2 is 2.03 bits per heavy atom. The van der Waals surface area contributed by atoms with Crippen LogP contribution in [0.15, 0.2) is 60.1 Å². The molecular weight excluding hydrogens is 474 g/mol. The lowest BCUT2D eigenvalue weighted by Crippen LogP contribution is -2.43. The predicted molar refractivity (Wildman–Crippen MR) is 131 cm³/mol. The average molecular weight is 500 g/mol. The van der Waals surface area contributed by atoms with Crippen molar-refractivity contribution < 1.29 is 22.7 Å². The standard InChI is InChI=1S/C24H25N3O5S2/c1-2-26(20-12-14-34(30,31)17-20)22(28)16-32-23(29)11-10-18-15-27(19-7-4-3-5-8-19)25-24(18)21-9-6-13-33-21/h3-11,13,15,20H,2,12,14,16-17H2,1H3. The minimum atomic E-state index is -3.12. The van der Waals surface area contributed by atoms with Gasteiger partial charge in [-0.3, -0.25) is 4.79 Å². The minimum Gasteiger partial charge on any atom is -0.452 e. The van der Waals surface area contributed by atoms with Gasteiger partial charge in [0.05, 0.1) is 22.1 Å². The summed E-state index contributed by atoms with van der Waals surface area (Å²) < 4.78 is 30.4. The van der Waals surface area contributed by atoms with E-state index in [-0.39, 0.29) is 17.5 Å². The number of carbonyl (C=O) groups excluding carboxylic acids is 2. The van der Waals surface area contributed by atoms with Crippen LogP contribution in [0.4, 0.5) is 0 Å². The molecule has 0 bridgehead atoms. The summed E-state index contributed by atoms with van der Waals surface area (Å²) in [4.78, 5) is 27.3. The van der Waals surface area contributed by atoms with E-state index in [1.807, 2.05) is 54.0 Å². The van der Waals surface area contributed by atoms with Gasteiger partial charge in [0, 0.05) is 30.4 Å². The summed E-state index contributed by atoms with van der Waals surface area (Å²) in [6, 6.07) is 13.2. The first-order valence-electron chi connectivity index (χ1n) is 10.9. The van der Waals surface area contributed by atoms with Gasteiger partial charge < -0.3 is 9.64 Å². The fourth-order valence-corrected chi connectivity index (χ4v) is 6.37. The molecule has 3 heterocycles. The van der Waals surface area contributed by atoms with Crippen molar-refractivity contribution in [2.24, 2.45) is 0 Å². The largest absolute Gasteiger partial charge is 0.452 e. The molecule has 1 fully saturated rings. The summed E-state index contributed by atoms with van der Waals surface area (Å²) in [5.41, 5.74) is 2.36. The van der Waals surface area contributed by atoms with Crippen molar-refractivity contribution in [1.82, 2.24) is 14.7 Å². The maximum atomic E-state index is 12.5. The van der Waals surface area contributed by atoms with Gasteiger partial charge in [-0.15, -0.1) is 11.3 Å². The lowest BCUT2D eigenvalue weighted by atomic mass is 10.2. The highest BCUT2D eigenvalue weighted by atomic mass is 32.2.